The van der Waals surface area contributed by atoms with Gasteiger partial charge in [-0.25, -0.2) is 0 Å². The van der Waals surface area contributed by atoms with Gasteiger partial charge in [0.1, 0.15) is 0 Å². The van der Waals surface area contributed by atoms with Gasteiger partial charge < -0.3 is 4.90 Å². The van der Waals surface area contributed by atoms with E-state index in [0.717, 1.165) is 32.2 Å². The minimum absolute atomic E-state index is 0.174. The maximum absolute atomic E-state index is 11.8. The molecule has 0 aliphatic heterocycles. The zero-order valence-corrected chi connectivity index (χ0v) is 18.6. The molecule has 0 aliphatic rings. The molecule has 0 aromatic heterocycles. The zero-order valence-electron chi connectivity index (χ0n) is 17.8. The summed E-state index contributed by atoms with van der Waals surface area (Å²) in [5, 5.41) is 0. The van der Waals surface area contributed by atoms with E-state index >= 15 is 0 Å². The summed E-state index contributed by atoms with van der Waals surface area (Å²) in [5.74, 6) is 0.174. The van der Waals surface area contributed by atoms with Crippen molar-refractivity contribution in [2.24, 2.45) is 0 Å². The molecule has 0 aromatic carbocycles. The monoisotopic (exact) mass is 391 g/mol. The summed E-state index contributed by atoms with van der Waals surface area (Å²) in [6.07, 6.45) is 18.6. The Hall–Kier alpha value is -0.130. The number of nitrogens with zero attached hydrogens (tertiary/aromatic N) is 1. The minimum atomic E-state index is -3.31. The summed E-state index contributed by atoms with van der Waals surface area (Å²) in [4.78, 5) is 2.03. The molecule has 5 heteroatoms. The molecule has 0 unspecified atom stereocenters. The lowest BCUT2D eigenvalue weighted by molar-refractivity contribution is 0.284. The Kier molecular flexibility index (Phi) is 18.2. The first-order chi connectivity index (χ1) is 12.5. The van der Waals surface area contributed by atoms with E-state index in [0.29, 0.717) is 6.61 Å². The van der Waals surface area contributed by atoms with Crippen molar-refractivity contribution in [3.8, 4) is 0 Å². The number of hydrogen-bond acceptors (Lipinski definition) is 4. The van der Waals surface area contributed by atoms with Gasteiger partial charge in [-0.15, -0.1) is 0 Å². The van der Waals surface area contributed by atoms with Gasteiger partial charge in [-0.2, -0.15) is 8.42 Å². The minimum Gasteiger partial charge on any atom is -0.309 e. The van der Waals surface area contributed by atoms with Crippen LogP contribution in [0.5, 0.6) is 0 Å². The van der Waals surface area contributed by atoms with Crippen LogP contribution in [-0.2, 0) is 14.3 Å². The second kappa shape index (κ2) is 18.2. The molecular weight excluding hydrogens is 346 g/mol. The first-order valence-corrected chi connectivity index (χ1v) is 12.6. The largest absolute Gasteiger partial charge is 0.309 e. The van der Waals surface area contributed by atoms with Crippen LogP contribution in [0.1, 0.15) is 103 Å². The van der Waals surface area contributed by atoms with Crippen molar-refractivity contribution >= 4 is 10.1 Å². The zero-order chi connectivity index (χ0) is 19.5. The highest BCUT2D eigenvalue weighted by Crippen LogP contribution is 2.13. The molecule has 0 rings (SSSR count). The van der Waals surface area contributed by atoms with Crippen LogP contribution in [-0.4, -0.2) is 46.3 Å². The highest BCUT2D eigenvalue weighted by atomic mass is 32.2. The Morgan fingerprint density at radius 3 is 1.50 bits per heavy atom. The Balaban J connectivity index is 3.29. The Morgan fingerprint density at radius 1 is 0.654 bits per heavy atom. The molecule has 0 heterocycles. The van der Waals surface area contributed by atoms with Crippen molar-refractivity contribution in [3.05, 3.63) is 0 Å². The van der Waals surface area contributed by atoms with E-state index in [1.807, 2.05) is 19.0 Å². The molecule has 4 nitrogen and oxygen atoms in total. The molecule has 0 saturated carbocycles. The average Bonchev–Trinajstić information content (AvgIpc) is 2.59. The molecule has 0 N–H and O–H groups in total. The van der Waals surface area contributed by atoms with Gasteiger partial charge in [-0.05, 0) is 33.5 Å². The topological polar surface area (TPSA) is 46.6 Å². The summed E-state index contributed by atoms with van der Waals surface area (Å²) >= 11 is 0. The van der Waals surface area contributed by atoms with Crippen LogP contribution in [0.3, 0.4) is 0 Å². The van der Waals surface area contributed by atoms with Crippen LogP contribution in [0.2, 0.25) is 0 Å². The highest BCUT2D eigenvalue weighted by molar-refractivity contribution is 7.86. The lowest BCUT2D eigenvalue weighted by Gasteiger charge is -2.09. The van der Waals surface area contributed by atoms with Crippen molar-refractivity contribution in [3.63, 3.8) is 0 Å². The molecule has 0 radical (unpaired) electrons. The molecular formula is C21H45NO3S. The molecule has 0 amide bonds. The van der Waals surface area contributed by atoms with Gasteiger partial charge in [-0.1, -0.05) is 90.4 Å². The second-order valence-electron chi connectivity index (χ2n) is 7.84. The third-order valence-electron chi connectivity index (χ3n) is 4.76. The van der Waals surface area contributed by atoms with Gasteiger partial charge in [0.25, 0.3) is 10.1 Å². The summed E-state index contributed by atoms with van der Waals surface area (Å²) in [6.45, 7) is 3.42. The summed E-state index contributed by atoms with van der Waals surface area (Å²) in [6, 6.07) is 0. The number of hydrogen-bond donors (Lipinski definition) is 0. The smallest absolute Gasteiger partial charge is 0.267 e. The van der Waals surface area contributed by atoms with Gasteiger partial charge in [0.05, 0.1) is 12.4 Å². The van der Waals surface area contributed by atoms with E-state index in [4.69, 9.17) is 4.18 Å². The highest BCUT2D eigenvalue weighted by Gasteiger charge is 2.10. The fraction of sp³-hybridized carbons (Fsp3) is 1.00. The first kappa shape index (κ1) is 25.9. The Bertz CT molecular complexity index is 383. The van der Waals surface area contributed by atoms with Crippen molar-refractivity contribution < 1.29 is 12.6 Å². The van der Waals surface area contributed by atoms with E-state index in [1.165, 1.54) is 70.6 Å². The van der Waals surface area contributed by atoms with E-state index in [-0.39, 0.29) is 5.75 Å². The van der Waals surface area contributed by atoms with Gasteiger partial charge >= 0.3 is 0 Å². The SMILES string of the molecule is CCCCCCCCCCCCCCCCS(=O)(=O)OCCCN(C)C. The van der Waals surface area contributed by atoms with Crippen LogP contribution < -0.4 is 0 Å². The van der Waals surface area contributed by atoms with E-state index in [9.17, 15) is 8.42 Å². The second-order valence-corrected chi connectivity index (χ2v) is 9.60. The molecule has 0 fully saturated rings. The predicted octanol–water partition coefficient (Wildman–Crippen LogP) is 5.77. The normalized spacial score (nSPS) is 12.2. The van der Waals surface area contributed by atoms with Crippen molar-refractivity contribution in [1.29, 1.82) is 0 Å². The molecule has 26 heavy (non-hydrogen) atoms. The third kappa shape index (κ3) is 20.2. The first-order valence-electron chi connectivity index (χ1n) is 11.0. The standard InChI is InChI=1S/C21H45NO3S/c1-4-5-6-7-8-9-10-11-12-13-14-15-16-17-21-26(23,24)25-20-18-19-22(2)3/h4-21H2,1-3H3. The van der Waals surface area contributed by atoms with Crippen molar-refractivity contribution in [1.82, 2.24) is 4.90 Å². The van der Waals surface area contributed by atoms with E-state index in [2.05, 4.69) is 6.92 Å². The van der Waals surface area contributed by atoms with E-state index in [1.54, 1.807) is 0 Å². The third-order valence-corrected chi connectivity index (χ3v) is 6.07. The maximum Gasteiger partial charge on any atom is 0.267 e. The Labute approximate surface area is 164 Å². The van der Waals surface area contributed by atoms with Crippen LogP contribution in [0.4, 0.5) is 0 Å². The van der Waals surface area contributed by atoms with Gasteiger partial charge in [-0.3, -0.25) is 4.18 Å². The van der Waals surface area contributed by atoms with Crippen LogP contribution in [0, 0.1) is 0 Å². The molecule has 0 aromatic rings. The van der Waals surface area contributed by atoms with Crippen LogP contribution >= 0.6 is 0 Å². The fourth-order valence-corrected chi connectivity index (χ4v) is 4.15. The summed E-state index contributed by atoms with van der Waals surface area (Å²) in [7, 11) is 0.636. The molecule has 158 valence electrons. The number of unbranched alkanes of at least 4 members (excludes halogenated alkanes) is 13. The van der Waals surface area contributed by atoms with Crippen molar-refractivity contribution in [2.45, 2.75) is 103 Å². The molecule has 0 aliphatic carbocycles. The maximum atomic E-state index is 11.8. The average molecular weight is 392 g/mol. The summed E-state index contributed by atoms with van der Waals surface area (Å²) < 4.78 is 28.6. The molecule has 0 spiro atoms. The van der Waals surface area contributed by atoms with Crippen molar-refractivity contribution in [2.75, 3.05) is 33.0 Å². The quantitative estimate of drug-likeness (QED) is 0.195. The summed E-state index contributed by atoms with van der Waals surface area (Å²) in [5.41, 5.74) is 0. The van der Waals surface area contributed by atoms with Crippen LogP contribution in [0.15, 0.2) is 0 Å². The van der Waals surface area contributed by atoms with Gasteiger partial charge in [0.15, 0.2) is 0 Å². The fourth-order valence-electron chi connectivity index (χ4n) is 3.10. The van der Waals surface area contributed by atoms with Gasteiger partial charge in [0, 0.05) is 0 Å². The Morgan fingerprint density at radius 2 is 1.08 bits per heavy atom. The molecule has 0 bridgehead atoms. The molecule has 0 saturated heterocycles. The van der Waals surface area contributed by atoms with Crippen LogP contribution in [0.25, 0.3) is 0 Å². The lowest BCUT2D eigenvalue weighted by atomic mass is 10.0. The lowest BCUT2D eigenvalue weighted by Crippen LogP contribution is -2.17. The number of rotatable bonds is 20. The van der Waals surface area contributed by atoms with E-state index < -0.39 is 10.1 Å². The van der Waals surface area contributed by atoms with Gasteiger partial charge in [0.2, 0.25) is 0 Å². The molecule has 0 atom stereocenters. The predicted molar refractivity (Wildman–Crippen MR) is 113 cm³/mol.